The maximum Gasteiger partial charge on any atom is 0.387 e. The second-order valence-corrected chi connectivity index (χ2v) is 3.24. The number of nitrogen functional groups attached to an aromatic ring is 1. The summed E-state index contributed by atoms with van der Waals surface area (Å²) in [6.45, 7) is -2.97. The quantitative estimate of drug-likeness (QED) is 0.852. The molecule has 3 N–H and O–H groups in total. The third kappa shape index (κ3) is 2.59. The number of aromatic nitrogens is 3. The molecular formula is C10H8F2N4O2. The Morgan fingerprint density at radius 1 is 1.28 bits per heavy atom. The highest BCUT2D eigenvalue weighted by molar-refractivity contribution is 5.64. The summed E-state index contributed by atoms with van der Waals surface area (Å²) in [5.41, 5.74) is 4.80. The molecule has 8 heteroatoms. The predicted octanol–water partition coefficient (Wildman–Crippen LogP) is 1.02. The molecule has 1 heterocycles. The van der Waals surface area contributed by atoms with E-state index in [1.807, 2.05) is 0 Å². The van der Waals surface area contributed by atoms with E-state index in [-0.39, 0.29) is 23.1 Å². The van der Waals surface area contributed by atoms with E-state index < -0.39 is 12.3 Å². The van der Waals surface area contributed by atoms with Crippen LogP contribution < -0.4 is 16.2 Å². The van der Waals surface area contributed by atoms with E-state index in [2.05, 4.69) is 19.7 Å². The van der Waals surface area contributed by atoms with Crippen LogP contribution in [0.5, 0.6) is 5.75 Å². The van der Waals surface area contributed by atoms with Gasteiger partial charge in [0, 0.05) is 0 Å². The van der Waals surface area contributed by atoms with Crippen LogP contribution in [0.2, 0.25) is 0 Å². The van der Waals surface area contributed by atoms with Gasteiger partial charge in [0.15, 0.2) is 0 Å². The molecule has 2 aromatic rings. The minimum absolute atomic E-state index is 0.0174. The lowest BCUT2D eigenvalue weighted by atomic mass is 10.2. The van der Waals surface area contributed by atoms with Gasteiger partial charge in [0.25, 0.3) is 0 Å². The first-order valence-corrected chi connectivity index (χ1v) is 4.84. The van der Waals surface area contributed by atoms with Gasteiger partial charge in [0.05, 0.1) is 5.56 Å². The number of H-pyrrole nitrogens is 1. The Labute approximate surface area is 99.5 Å². The molecule has 0 amide bonds. The molecule has 94 valence electrons. The van der Waals surface area contributed by atoms with Crippen LogP contribution >= 0.6 is 0 Å². The summed E-state index contributed by atoms with van der Waals surface area (Å²) in [7, 11) is 0. The van der Waals surface area contributed by atoms with Crippen molar-refractivity contribution in [2.24, 2.45) is 0 Å². The summed E-state index contributed by atoms with van der Waals surface area (Å²) in [6, 6.07) is 5.90. The molecule has 0 atom stereocenters. The summed E-state index contributed by atoms with van der Waals surface area (Å²) in [6.07, 6.45) is 0. The highest BCUT2D eigenvalue weighted by Crippen LogP contribution is 2.27. The predicted molar refractivity (Wildman–Crippen MR) is 59.1 cm³/mol. The largest absolute Gasteiger partial charge is 0.434 e. The fourth-order valence-corrected chi connectivity index (χ4v) is 1.39. The van der Waals surface area contributed by atoms with E-state index in [1.54, 1.807) is 6.07 Å². The Balaban J connectivity index is 2.52. The number of halogens is 2. The Hall–Kier alpha value is -2.51. The van der Waals surface area contributed by atoms with Crippen molar-refractivity contribution in [1.82, 2.24) is 15.0 Å². The SMILES string of the molecule is Nc1nc(-c2ccccc2OC(F)F)[nH]c(=O)n1. The van der Waals surface area contributed by atoms with Gasteiger partial charge in [-0.1, -0.05) is 12.1 Å². The maximum atomic E-state index is 12.2. The number of aromatic amines is 1. The van der Waals surface area contributed by atoms with Crippen LogP contribution in [0.1, 0.15) is 0 Å². The van der Waals surface area contributed by atoms with Crippen LogP contribution in [-0.2, 0) is 0 Å². The van der Waals surface area contributed by atoms with Gasteiger partial charge in [0.2, 0.25) is 5.95 Å². The van der Waals surface area contributed by atoms with Crippen LogP contribution in [0.15, 0.2) is 29.1 Å². The topological polar surface area (TPSA) is 93.9 Å². The highest BCUT2D eigenvalue weighted by atomic mass is 19.3. The standard InChI is InChI=1S/C10H8F2N4O2/c11-8(12)18-6-4-2-1-3-5(6)7-14-9(13)16-10(17)15-7/h1-4,8H,(H3,13,14,15,16,17). The number of nitrogens with one attached hydrogen (secondary N) is 1. The molecule has 0 bridgehead atoms. The third-order valence-electron chi connectivity index (χ3n) is 2.03. The number of benzene rings is 1. The van der Waals surface area contributed by atoms with Crippen molar-refractivity contribution in [2.75, 3.05) is 5.73 Å². The summed E-state index contributed by atoms with van der Waals surface area (Å²) in [5.74, 6) is -0.342. The number of hydrogen-bond donors (Lipinski definition) is 2. The summed E-state index contributed by atoms with van der Waals surface area (Å²) in [4.78, 5) is 20.5. The molecule has 1 aromatic carbocycles. The van der Waals surface area contributed by atoms with Gasteiger partial charge in [-0.25, -0.2) is 4.79 Å². The molecule has 0 saturated carbocycles. The zero-order chi connectivity index (χ0) is 13.1. The minimum atomic E-state index is -2.97. The number of rotatable bonds is 3. The molecule has 0 spiro atoms. The number of anilines is 1. The first-order chi connectivity index (χ1) is 8.56. The van der Waals surface area contributed by atoms with E-state index in [1.165, 1.54) is 18.2 Å². The Kier molecular flexibility index (Phi) is 3.18. The van der Waals surface area contributed by atoms with Crippen molar-refractivity contribution in [3.63, 3.8) is 0 Å². The molecule has 0 aliphatic rings. The van der Waals surface area contributed by atoms with Crippen molar-refractivity contribution in [3.8, 4) is 17.1 Å². The molecule has 0 radical (unpaired) electrons. The van der Waals surface area contributed by atoms with E-state index in [0.29, 0.717) is 0 Å². The molecule has 0 saturated heterocycles. The van der Waals surface area contributed by atoms with E-state index in [4.69, 9.17) is 5.73 Å². The first-order valence-electron chi connectivity index (χ1n) is 4.84. The Morgan fingerprint density at radius 3 is 2.67 bits per heavy atom. The molecule has 0 fully saturated rings. The van der Waals surface area contributed by atoms with Crippen molar-refractivity contribution >= 4 is 5.95 Å². The van der Waals surface area contributed by atoms with Crippen LogP contribution in [0.25, 0.3) is 11.4 Å². The number of para-hydroxylation sites is 1. The molecule has 0 aliphatic heterocycles. The van der Waals surface area contributed by atoms with Gasteiger partial charge in [-0.15, -0.1) is 0 Å². The van der Waals surface area contributed by atoms with Gasteiger partial charge in [-0.2, -0.15) is 18.7 Å². The lowest BCUT2D eigenvalue weighted by Gasteiger charge is -2.09. The number of hydrogen-bond acceptors (Lipinski definition) is 5. The Bertz CT molecular complexity index is 615. The van der Waals surface area contributed by atoms with Crippen LogP contribution in [0, 0.1) is 0 Å². The zero-order valence-electron chi connectivity index (χ0n) is 8.93. The number of nitrogens with two attached hydrogens (primary N) is 1. The summed E-state index contributed by atoms with van der Waals surface area (Å²) >= 11 is 0. The lowest BCUT2D eigenvalue weighted by Crippen LogP contribution is -2.16. The molecule has 18 heavy (non-hydrogen) atoms. The maximum absolute atomic E-state index is 12.2. The van der Waals surface area contributed by atoms with Gasteiger partial charge in [-0.05, 0) is 12.1 Å². The summed E-state index contributed by atoms with van der Waals surface area (Å²) in [5, 5.41) is 0. The van der Waals surface area contributed by atoms with Crippen LogP contribution in [0.3, 0.4) is 0 Å². The highest BCUT2D eigenvalue weighted by Gasteiger charge is 2.13. The van der Waals surface area contributed by atoms with Gasteiger partial charge >= 0.3 is 12.3 Å². The number of alkyl halides is 2. The molecular weight excluding hydrogens is 246 g/mol. The third-order valence-corrected chi connectivity index (χ3v) is 2.03. The van der Waals surface area contributed by atoms with Gasteiger partial charge < -0.3 is 10.5 Å². The van der Waals surface area contributed by atoms with E-state index >= 15 is 0 Å². The second-order valence-electron chi connectivity index (χ2n) is 3.24. The molecule has 0 unspecified atom stereocenters. The molecule has 2 rings (SSSR count). The first kappa shape index (κ1) is 12.0. The van der Waals surface area contributed by atoms with Crippen molar-refractivity contribution in [1.29, 1.82) is 0 Å². The second kappa shape index (κ2) is 4.78. The Morgan fingerprint density at radius 2 is 2.00 bits per heavy atom. The van der Waals surface area contributed by atoms with E-state index in [0.717, 1.165) is 0 Å². The number of nitrogens with zero attached hydrogens (tertiary/aromatic N) is 2. The van der Waals surface area contributed by atoms with Crippen LogP contribution in [-0.4, -0.2) is 21.6 Å². The fourth-order valence-electron chi connectivity index (χ4n) is 1.39. The molecule has 0 aliphatic carbocycles. The van der Waals surface area contributed by atoms with Gasteiger partial charge in [0.1, 0.15) is 11.6 Å². The minimum Gasteiger partial charge on any atom is -0.434 e. The molecule has 6 nitrogen and oxygen atoms in total. The van der Waals surface area contributed by atoms with Gasteiger partial charge in [-0.3, -0.25) is 4.98 Å². The molecule has 1 aromatic heterocycles. The monoisotopic (exact) mass is 254 g/mol. The fraction of sp³-hybridized carbons (Fsp3) is 0.100. The summed E-state index contributed by atoms with van der Waals surface area (Å²) < 4.78 is 28.8. The lowest BCUT2D eigenvalue weighted by molar-refractivity contribution is -0.0494. The van der Waals surface area contributed by atoms with Crippen LogP contribution in [0.4, 0.5) is 14.7 Å². The van der Waals surface area contributed by atoms with E-state index in [9.17, 15) is 13.6 Å². The smallest absolute Gasteiger partial charge is 0.387 e. The van der Waals surface area contributed by atoms with Crippen molar-refractivity contribution < 1.29 is 13.5 Å². The number of ether oxygens (including phenoxy) is 1. The average Bonchev–Trinajstić information content (AvgIpc) is 2.27. The van der Waals surface area contributed by atoms with Crippen molar-refractivity contribution in [2.45, 2.75) is 6.61 Å². The normalized spacial score (nSPS) is 10.6. The zero-order valence-corrected chi connectivity index (χ0v) is 8.93. The van der Waals surface area contributed by atoms with Crippen molar-refractivity contribution in [3.05, 3.63) is 34.7 Å². The average molecular weight is 254 g/mol.